The Bertz CT molecular complexity index is 789. The van der Waals surface area contributed by atoms with Crippen molar-refractivity contribution in [3.05, 3.63) is 63.4 Å². The van der Waals surface area contributed by atoms with Crippen molar-refractivity contribution in [1.82, 2.24) is 4.98 Å². The number of pyridine rings is 1. The minimum atomic E-state index is -0.410. The minimum Gasteiger partial charge on any atom is -0.473 e. The van der Waals surface area contributed by atoms with Crippen molar-refractivity contribution in [1.29, 1.82) is 0 Å². The molecule has 2 unspecified atom stereocenters. The number of aryl methyl sites for hydroxylation is 3. The Hall–Kier alpha value is -2.11. The van der Waals surface area contributed by atoms with Crippen LogP contribution in [0.2, 0.25) is 0 Å². The summed E-state index contributed by atoms with van der Waals surface area (Å²) in [6, 6.07) is 11.8. The molecule has 0 spiro atoms. The molecule has 1 fully saturated rings. The Labute approximate surface area is 167 Å². The molecular weight excluding hydrogens is 354 g/mol. The van der Waals surface area contributed by atoms with E-state index in [0.29, 0.717) is 5.88 Å². The average molecular weight is 386 g/mol. The highest BCUT2D eigenvalue weighted by Crippen LogP contribution is 2.19. The lowest BCUT2D eigenvalue weighted by Crippen LogP contribution is -2.39. The van der Waals surface area contributed by atoms with E-state index >= 15 is 0 Å². The van der Waals surface area contributed by atoms with Crippen molar-refractivity contribution in [2.24, 2.45) is 0 Å². The molecule has 0 radical (unpaired) electrons. The fourth-order valence-electron chi connectivity index (χ4n) is 3.59. The summed E-state index contributed by atoms with van der Waals surface area (Å²) in [4.78, 5) is 15.2. The van der Waals surface area contributed by atoms with Gasteiger partial charge >= 0.3 is 0 Å². The molecule has 28 heavy (non-hydrogen) atoms. The van der Waals surface area contributed by atoms with Gasteiger partial charge < -0.3 is 19.2 Å². The van der Waals surface area contributed by atoms with Crippen LogP contribution in [-0.2, 0) is 28.7 Å². The molecule has 2 aromatic rings. The number of aromatic nitrogens is 1. The third-order valence-corrected chi connectivity index (χ3v) is 4.93. The van der Waals surface area contributed by atoms with Gasteiger partial charge in [-0.15, -0.1) is 0 Å². The van der Waals surface area contributed by atoms with Gasteiger partial charge in [-0.2, -0.15) is 0 Å². The summed E-state index contributed by atoms with van der Waals surface area (Å²) in [5.41, 5.74) is 3.44. The van der Waals surface area contributed by atoms with Crippen LogP contribution in [0.4, 0.5) is 0 Å². The predicted octanol–water partition coefficient (Wildman–Crippen LogP) is 4.03. The van der Waals surface area contributed by atoms with Gasteiger partial charge in [0.2, 0.25) is 0 Å². The Morgan fingerprint density at radius 3 is 2.29 bits per heavy atom. The Morgan fingerprint density at radius 2 is 1.64 bits per heavy atom. The van der Waals surface area contributed by atoms with Crippen LogP contribution in [0.5, 0.6) is 5.88 Å². The van der Waals surface area contributed by atoms with Crippen LogP contribution in [0, 0.1) is 0 Å². The maximum atomic E-state index is 12.0. The summed E-state index contributed by atoms with van der Waals surface area (Å²) in [5.74, 6) is 0.457. The predicted molar refractivity (Wildman–Crippen MR) is 110 cm³/mol. The van der Waals surface area contributed by atoms with Crippen LogP contribution in [0.1, 0.15) is 50.4 Å². The van der Waals surface area contributed by atoms with E-state index in [4.69, 9.17) is 14.2 Å². The lowest BCUT2D eigenvalue weighted by atomic mass is 10.0. The van der Waals surface area contributed by atoms with E-state index in [1.54, 1.807) is 6.07 Å². The highest BCUT2D eigenvalue weighted by Gasteiger charge is 2.25. The highest BCUT2D eigenvalue weighted by atomic mass is 16.7. The molecule has 1 aromatic carbocycles. The van der Waals surface area contributed by atoms with E-state index in [1.807, 2.05) is 13.8 Å². The molecule has 1 saturated heterocycles. The van der Waals surface area contributed by atoms with E-state index in [9.17, 15) is 4.79 Å². The largest absolute Gasteiger partial charge is 0.473 e. The Morgan fingerprint density at radius 1 is 1.00 bits per heavy atom. The number of hydrogen-bond acceptors (Lipinski definition) is 4. The number of nitrogens with one attached hydrogen (secondary N) is 1. The smallest absolute Gasteiger partial charge is 0.195 e. The van der Waals surface area contributed by atoms with Gasteiger partial charge in [0, 0.05) is 17.8 Å². The van der Waals surface area contributed by atoms with Crippen molar-refractivity contribution in [2.45, 2.75) is 71.4 Å². The van der Waals surface area contributed by atoms with Crippen LogP contribution < -0.4 is 10.2 Å². The first kappa shape index (κ1) is 20.6. The van der Waals surface area contributed by atoms with Crippen molar-refractivity contribution in [2.75, 3.05) is 6.61 Å². The third kappa shape index (κ3) is 6.21. The number of benzene rings is 1. The maximum absolute atomic E-state index is 12.0. The van der Waals surface area contributed by atoms with Crippen LogP contribution >= 0.6 is 0 Å². The molecule has 0 bridgehead atoms. The van der Waals surface area contributed by atoms with Crippen LogP contribution in [-0.4, -0.2) is 30.1 Å². The van der Waals surface area contributed by atoms with E-state index in [0.717, 1.165) is 37.8 Å². The molecule has 0 amide bonds. The monoisotopic (exact) mass is 385 g/mol. The van der Waals surface area contributed by atoms with Crippen molar-refractivity contribution in [3.8, 4) is 5.88 Å². The van der Waals surface area contributed by atoms with Gasteiger partial charge in [0.25, 0.3) is 0 Å². The number of hydrogen-bond donors (Lipinski definition) is 1. The van der Waals surface area contributed by atoms with Crippen LogP contribution in [0.15, 0.2) is 41.2 Å². The summed E-state index contributed by atoms with van der Waals surface area (Å²) in [7, 11) is 0. The summed E-state index contributed by atoms with van der Waals surface area (Å²) < 4.78 is 17.2. The van der Waals surface area contributed by atoms with E-state index in [-0.39, 0.29) is 24.2 Å². The summed E-state index contributed by atoms with van der Waals surface area (Å²) in [6.45, 7) is 6.51. The molecule has 5 nitrogen and oxygen atoms in total. The molecule has 0 saturated carbocycles. The molecule has 152 valence electrons. The van der Waals surface area contributed by atoms with E-state index < -0.39 is 6.29 Å². The first-order valence-electron chi connectivity index (χ1n) is 10.3. The summed E-state index contributed by atoms with van der Waals surface area (Å²) in [6.07, 6.45) is 4.65. The van der Waals surface area contributed by atoms with Gasteiger partial charge in [-0.3, -0.25) is 4.79 Å². The van der Waals surface area contributed by atoms with Gasteiger partial charge in [-0.1, -0.05) is 37.6 Å². The first-order chi connectivity index (χ1) is 13.5. The fraction of sp³-hybridized carbons (Fsp3) is 0.522. The molecule has 1 aromatic heterocycles. The second-order valence-electron chi connectivity index (χ2n) is 7.64. The molecule has 0 aliphatic carbocycles. The van der Waals surface area contributed by atoms with Crippen molar-refractivity contribution >= 4 is 0 Å². The number of rotatable bonds is 8. The molecule has 5 heteroatoms. The standard InChI is InChI=1S/C23H31NO4/c1-4-5-18-6-8-19(9-7-18)10-11-20-13-21(25)14-22(24-20)26-15-23-27-16(2)12-17(3)28-23/h6-9,13-14,16-17,23H,4-5,10-12,15H2,1-3H3,(H,24,25). The molecular formula is C23H31NO4. The number of H-pyrrole nitrogens is 1. The summed E-state index contributed by atoms with van der Waals surface area (Å²) in [5, 5.41) is 0. The lowest BCUT2D eigenvalue weighted by molar-refractivity contribution is -0.243. The molecule has 1 N–H and O–H groups in total. The van der Waals surface area contributed by atoms with Gasteiger partial charge in [-0.05, 0) is 50.7 Å². The maximum Gasteiger partial charge on any atom is 0.195 e. The van der Waals surface area contributed by atoms with E-state index in [2.05, 4.69) is 36.2 Å². The van der Waals surface area contributed by atoms with Crippen molar-refractivity contribution < 1.29 is 14.2 Å². The number of ether oxygens (including phenoxy) is 3. The minimum absolute atomic E-state index is 0.0609. The molecule has 1 aliphatic heterocycles. The first-order valence-corrected chi connectivity index (χ1v) is 10.3. The third-order valence-electron chi connectivity index (χ3n) is 4.93. The second kappa shape index (κ2) is 9.89. The zero-order chi connectivity index (χ0) is 19.9. The van der Waals surface area contributed by atoms with Gasteiger partial charge in [0.15, 0.2) is 17.6 Å². The zero-order valence-corrected chi connectivity index (χ0v) is 17.1. The van der Waals surface area contributed by atoms with E-state index in [1.165, 1.54) is 17.2 Å². The van der Waals surface area contributed by atoms with Crippen LogP contribution in [0.3, 0.4) is 0 Å². The van der Waals surface area contributed by atoms with Gasteiger partial charge in [-0.25, -0.2) is 0 Å². The molecule has 1 aliphatic rings. The Balaban J connectivity index is 1.56. The lowest BCUT2D eigenvalue weighted by Gasteiger charge is -2.32. The average Bonchev–Trinajstić information content (AvgIpc) is 2.65. The van der Waals surface area contributed by atoms with Gasteiger partial charge in [0.1, 0.15) is 6.61 Å². The van der Waals surface area contributed by atoms with Crippen molar-refractivity contribution in [3.63, 3.8) is 0 Å². The fourth-order valence-corrected chi connectivity index (χ4v) is 3.59. The van der Waals surface area contributed by atoms with Gasteiger partial charge in [0.05, 0.1) is 12.2 Å². The topological polar surface area (TPSA) is 60.6 Å². The molecule has 3 rings (SSSR count). The molecule has 2 heterocycles. The van der Waals surface area contributed by atoms with Crippen LogP contribution in [0.25, 0.3) is 0 Å². The SMILES string of the molecule is CCCc1ccc(CCc2cc(=O)cc(OCC3OC(C)CC(C)O3)[nH]2)cc1. The Kier molecular flexibility index (Phi) is 7.29. The number of aromatic amines is 1. The summed E-state index contributed by atoms with van der Waals surface area (Å²) >= 11 is 0. The quantitative estimate of drug-likeness (QED) is 0.745. The highest BCUT2D eigenvalue weighted by molar-refractivity contribution is 5.24. The normalized spacial score (nSPS) is 22.2. The zero-order valence-electron chi connectivity index (χ0n) is 17.1. The molecule has 2 atom stereocenters. The second-order valence-corrected chi connectivity index (χ2v) is 7.64.